The van der Waals surface area contributed by atoms with Gasteiger partial charge in [-0.1, -0.05) is 24.3 Å². The lowest BCUT2D eigenvalue weighted by molar-refractivity contribution is -0.132. The van der Waals surface area contributed by atoms with Gasteiger partial charge in [0.2, 0.25) is 12.7 Å². The molecular weight excluding hydrogens is 600 g/mol. The summed E-state index contributed by atoms with van der Waals surface area (Å²) in [5.74, 6) is 2.47. The molecule has 0 radical (unpaired) electrons. The Hall–Kier alpha value is -5.16. The van der Waals surface area contributed by atoms with Crippen molar-refractivity contribution in [3.63, 3.8) is 0 Å². The van der Waals surface area contributed by atoms with E-state index in [-0.39, 0.29) is 30.9 Å². The van der Waals surface area contributed by atoms with Crippen molar-refractivity contribution in [1.29, 1.82) is 0 Å². The van der Waals surface area contributed by atoms with Gasteiger partial charge in [-0.25, -0.2) is 9.78 Å². The average Bonchev–Trinajstić information content (AvgIpc) is 3.57. The summed E-state index contributed by atoms with van der Waals surface area (Å²) in [6.07, 6.45) is 4.81. The Labute approximate surface area is 273 Å². The topological polar surface area (TPSA) is 113 Å². The highest BCUT2D eigenvalue weighted by atomic mass is 16.7. The van der Waals surface area contributed by atoms with Gasteiger partial charge in [0.15, 0.2) is 17.2 Å². The lowest BCUT2D eigenvalue weighted by Crippen LogP contribution is -2.41. The molecule has 4 aromatic rings. The smallest absolute Gasteiger partial charge is 0.358 e. The van der Waals surface area contributed by atoms with Crippen LogP contribution < -0.4 is 18.9 Å². The van der Waals surface area contributed by atoms with Crippen molar-refractivity contribution in [1.82, 2.24) is 19.8 Å². The molecule has 1 aromatic heterocycles. The summed E-state index contributed by atoms with van der Waals surface area (Å²) >= 11 is 0. The minimum Gasteiger partial charge on any atom is -0.494 e. The zero-order valence-corrected chi connectivity index (χ0v) is 26.2. The number of carbonyl (C=O) groups excluding carboxylic acids is 2. The maximum atomic E-state index is 13.9. The van der Waals surface area contributed by atoms with Crippen LogP contribution in [0.1, 0.15) is 50.9 Å². The second-order valence-electron chi connectivity index (χ2n) is 11.7. The van der Waals surface area contributed by atoms with E-state index in [2.05, 4.69) is 33.1 Å². The number of aromatic nitrogens is 2. The normalized spacial score (nSPS) is 17.5. The average molecular weight is 637 g/mol. The highest BCUT2D eigenvalue weighted by molar-refractivity contribution is 5.86. The minimum absolute atomic E-state index is 0.0466. The molecule has 47 heavy (non-hydrogen) atoms. The molecule has 0 fully saturated rings. The summed E-state index contributed by atoms with van der Waals surface area (Å²) in [6.45, 7) is 3.74. The predicted molar refractivity (Wildman–Crippen MR) is 171 cm³/mol. The van der Waals surface area contributed by atoms with Gasteiger partial charge in [-0.2, -0.15) is 0 Å². The van der Waals surface area contributed by atoms with Crippen LogP contribution >= 0.6 is 0 Å². The van der Waals surface area contributed by atoms with Gasteiger partial charge in [-0.15, -0.1) is 0 Å². The number of benzene rings is 3. The summed E-state index contributed by atoms with van der Waals surface area (Å²) in [5.41, 5.74) is 5.06. The lowest BCUT2D eigenvalue weighted by atomic mass is 9.87. The predicted octanol–water partition coefficient (Wildman–Crippen LogP) is 4.37. The van der Waals surface area contributed by atoms with E-state index in [1.165, 1.54) is 13.3 Å². The van der Waals surface area contributed by atoms with Crippen LogP contribution in [-0.2, 0) is 28.9 Å². The summed E-state index contributed by atoms with van der Waals surface area (Å²) in [6, 6.07) is 19.7. The second-order valence-corrected chi connectivity index (χ2v) is 11.7. The Bertz CT molecular complexity index is 1760. The van der Waals surface area contributed by atoms with Crippen molar-refractivity contribution in [2.24, 2.45) is 0 Å². The second kappa shape index (κ2) is 13.7. The van der Waals surface area contributed by atoms with Crippen LogP contribution in [0.5, 0.6) is 23.0 Å². The largest absolute Gasteiger partial charge is 0.494 e. The van der Waals surface area contributed by atoms with Crippen LogP contribution in [0, 0.1) is 0 Å². The first kappa shape index (κ1) is 30.5. The van der Waals surface area contributed by atoms with E-state index in [0.717, 1.165) is 58.8 Å². The Kier molecular flexibility index (Phi) is 8.87. The van der Waals surface area contributed by atoms with E-state index in [1.54, 1.807) is 6.20 Å². The monoisotopic (exact) mass is 636 g/mol. The van der Waals surface area contributed by atoms with Crippen LogP contribution in [0.25, 0.3) is 0 Å². The third kappa shape index (κ3) is 6.85. The quantitative estimate of drug-likeness (QED) is 0.293. The van der Waals surface area contributed by atoms with E-state index < -0.39 is 5.97 Å². The van der Waals surface area contributed by atoms with Crippen LogP contribution in [-0.4, -0.2) is 78.4 Å². The van der Waals surface area contributed by atoms with E-state index in [0.29, 0.717) is 44.3 Å². The van der Waals surface area contributed by atoms with Crippen LogP contribution in [0.2, 0.25) is 0 Å². The molecule has 11 heteroatoms. The van der Waals surface area contributed by atoms with Crippen molar-refractivity contribution in [3.8, 4) is 23.0 Å². The standard InChI is InChI=1S/C36H36N4O7/c1-43-36(42)31-21-37-27(20-38-31)22-39-11-3-14-44-28-5-2-4-26(19-28)35-30-8-7-29(45-15-13-39)18-25(30)10-12-40(35)34(41)17-24-6-9-32-33(16-24)47-23-46-32/h2,4-9,16,18-21,35H,3,10-15,17,22-23H2,1H3. The minimum atomic E-state index is -0.513. The molecule has 0 spiro atoms. The van der Waals surface area contributed by atoms with Gasteiger partial charge in [-0.05, 0) is 71.5 Å². The number of fused-ring (bicyclic) bond motifs is 9. The Balaban J connectivity index is 1.12. The molecular formula is C36H36N4O7. The van der Waals surface area contributed by atoms with Gasteiger partial charge in [0, 0.05) is 26.2 Å². The van der Waals surface area contributed by atoms with Crippen LogP contribution in [0.15, 0.2) is 73.1 Å². The van der Waals surface area contributed by atoms with Crippen molar-refractivity contribution >= 4 is 11.9 Å². The van der Waals surface area contributed by atoms with Crippen molar-refractivity contribution < 1.29 is 33.3 Å². The molecule has 242 valence electrons. The maximum Gasteiger partial charge on any atom is 0.358 e. The number of amides is 1. The van der Waals surface area contributed by atoms with E-state index in [9.17, 15) is 9.59 Å². The zero-order valence-electron chi connectivity index (χ0n) is 26.2. The molecule has 4 aliphatic rings. The molecule has 11 nitrogen and oxygen atoms in total. The molecule has 3 aromatic carbocycles. The highest BCUT2D eigenvalue weighted by Gasteiger charge is 2.33. The first-order valence-corrected chi connectivity index (χ1v) is 15.8. The van der Waals surface area contributed by atoms with Crippen molar-refractivity contribution in [2.75, 3.05) is 46.8 Å². The fourth-order valence-electron chi connectivity index (χ4n) is 6.34. The third-order valence-electron chi connectivity index (χ3n) is 8.68. The number of methoxy groups -OCH3 is 1. The zero-order chi connectivity index (χ0) is 32.2. The molecule has 1 atom stereocenters. The molecule has 8 rings (SSSR count). The van der Waals surface area contributed by atoms with Gasteiger partial charge >= 0.3 is 5.97 Å². The molecule has 0 aliphatic carbocycles. The number of ether oxygens (including phenoxy) is 5. The molecule has 0 saturated carbocycles. The SMILES string of the molecule is COC(=O)c1cnc(CN2CCCOc3cccc(c3)C3c4ccc(cc4CCN3C(=O)Cc3ccc4c(c3)OCO4)OCC2)cn1. The number of nitrogens with zero attached hydrogens (tertiary/aromatic N) is 4. The molecule has 4 aliphatic heterocycles. The van der Waals surface area contributed by atoms with Crippen LogP contribution in [0.4, 0.5) is 0 Å². The van der Waals surface area contributed by atoms with Crippen LogP contribution in [0.3, 0.4) is 0 Å². The molecule has 0 N–H and O–H groups in total. The van der Waals surface area contributed by atoms with E-state index in [1.807, 2.05) is 47.4 Å². The fraction of sp³-hybridized carbons (Fsp3) is 0.333. The summed E-state index contributed by atoms with van der Waals surface area (Å²) in [4.78, 5) is 38.5. The summed E-state index contributed by atoms with van der Waals surface area (Å²) in [7, 11) is 1.32. The maximum absolute atomic E-state index is 13.9. The first-order valence-electron chi connectivity index (χ1n) is 15.8. The number of rotatable bonds is 5. The summed E-state index contributed by atoms with van der Waals surface area (Å²) < 4.78 is 28.2. The first-order chi connectivity index (χ1) is 23.0. The Morgan fingerprint density at radius 1 is 0.872 bits per heavy atom. The van der Waals surface area contributed by atoms with E-state index in [4.69, 9.17) is 23.7 Å². The van der Waals surface area contributed by atoms with Gasteiger partial charge in [-0.3, -0.25) is 14.7 Å². The number of esters is 1. The van der Waals surface area contributed by atoms with Gasteiger partial charge in [0.05, 0.1) is 44.3 Å². The fourth-order valence-corrected chi connectivity index (χ4v) is 6.34. The van der Waals surface area contributed by atoms with Gasteiger partial charge in [0.25, 0.3) is 0 Å². The van der Waals surface area contributed by atoms with Gasteiger partial charge in [0.1, 0.15) is 18.1 Å². The Morgan fingerprint density at radius 2 is 1.74 bits per heavy atom. The summed E-state index contributed by atoms with van der Waals surface area (Å²) in [5, 5.41) is 0. The number of hydrogen-bond acceptors (Lipinski definition) is 10. The molecule has 1 amide bonds. The Morgan fingerprint density at radius 3 is 2.62 bits per heavy atom. The lowest BCUT2D eigenvalue weighted by Gasteiger charge is -2.38. The van der Waals surface area contributed by atoms with Crippen molar-refractivity contribution in [3.05, 3.63) is 107 Å². The third-order valence-corrected chi connectivity index (χ3v) is 8.68. The number of carbonyl (C=O) groups is 2. The highest BCUT2D eigenvalue weighted by Crippen LogP contribution is 2.39. The van der Waals surface area contributed by atoms with Crippen molar-refractivity contribution in [2.45, 2.75) is 31.8 Å². The molecule has 6 bridgehead atoms. The molecule has 5 heterocycles. The molecule has 1 unspecified atom stereocenters. The number of hydrogen-bond donors (Lipinski definition) is 0. The van der Waals surface area contributed by atoms with E-state index >= 15 is 0 Å². The van der Waals surface area contributed by atoms with Gasteiger partial charge < -0.3 is 28.6 Å². The molecule has 0 saturated heterocycles.